The highest BCUT2D eigenvalue weighted by Gasteiger charge is 2.47. The van der Waals surface area contributed by atoms with Crippen molar-refractivity contribution in [3.63, 3.8) is 0 Å². The maximum absolute atomic E-state index is 15.3. The maximum atomic E-state index is 15.3. The van der Waals surface area contributed by atoms with E-state index in [1.807, 2.05) is 0 Å². The summed E-state index contributed by atoms with van der Waals surface area (Å²) in [6.07, 6.45) is 2.36. The minimum absolute atomic E-state index is 0.184. The number of ether oxygens (including phenoxy) is 1. The van der Waals surface area contributed by atoms with E-state index >= 15 is 4.39 Å². The first-order chi connectivity index (χ1) is 21.6. The van der Waals surface area contributed by atoms with E-state index < -0.39 is 40.1 Å². The van der Waals surface area contributed by atoms with Crippen molar-refractivity contribution in [3.8, 4) is 0 Å². The summed E-state index contributed by atoms with van der Waals surface area (Å²) in [4.78, 5) is 30.8. The summed E-state index contributed by atoms with van der Waals surface area (Å²) in [6.45, 7) is 1.58. The average Bonchev–Trinajstić information content (AvgIpc) is 3.15. The highest BCUT2D eigenvalue weighted by Crippen LogP contribution is 2.49. The molecule has 0 saturated carbocycles. The molecule has 0 aromatic heterocycles. The molecule has 2 bridgehead atoms. The second-order valence-corrected chi connectivity index (χ2v) is 14.4. The molecule has 3 saturated heterocycles. The normalized spacial score (nSPS) is 25.2. The fourth-order valence-corrected chi connectivity index (χ4v) is 8.89. The Labute approximate surface area is 268 Å². The molecule has 5 rings (SSSR count). The van der Waals surface area contributed by atoms with Gasteiger partial charge in [-0.2, -0.15) is 0 Å². The molecule has 3 aliphatic rings. The molecule has 0 aliphatic carbocycles. The number of nitrogens with one attached hydrogen (secondary N) is 2. The molecule has 12 nitrogen and oxygen atoms in total. The third-order valence-electron chi connectivity index (χ3n) is 9.35. The summed E-state index contributed by atoms with van der Waals surface area (Å²) in [5, 5.41) is 10.8. The Morgan fingerprint density at radius 1 is 1.27 bits per heavy atom. The van der Waals surface area contributed by atoms with Crippen LogP contribution in [0.15, 0.2) is 47.6 Å². The Morgan fingerprint density at radius 3 is 2.69 bits per heavy atom. The van der Waals surface area contributed by atoms with Gasteiger partial charge in [0.1, 0.15) is 11.9 Å². The third kappa shape index (κ3) is 7.17. The number of benzene rings is 2. The number of halogens is 2. The van der Waals surface area contributed by atoms with Gasteiger partial charge >= 0.3 is 6.09 Å². The lowest BCUT2D eigenvalue weighted by Gasteiger charge is -2.49. The molecule has 15 heteroatoms. The first-order valence-electron chi connectivity index (χ1n) is 15.1. The van der Waals surface area contributed by atoms with E-state index in [2.05, 4.69) is 20.7 Å². The van der Waals surface area contributed by atoms with Crippen LogP contribution in [0.2, 0.25) is 5.02 Å². The Morgan fingerprint density at radius 2 is 2.00 bits per heavy atom. The van der Waals surface area contributed by atoms with E-state index in [4.69, 9.17) is 16.3 Å². The summed E-state index contributed by atoms with van der Waals surface area (Å²) < 4.78 is 43.6. The van der Waals surface area contributed by atoms with Crippen molar-refractivity contribution in [1.29, 1.82) is 0 Å². The maximum Gasteiger partial charge on any atom is 0.409 e. The quantitative estimate of drug-likeness (QED) is 0.154. The minimum atomic E-state index is -2.92. The largest absolute Gasteiger partial charge is 0.453 e. The van der Waals surface area contributed by atoms with Gasteiger partial charge in [-0.15, -0.1) is 10.8 Å². The van der Waals surface area contributed by atoms with Crippen LogP contribution in [0.1, 0.15) is 43.2 Å². The van der Waals surface area contributed by atoms with Crippen molar-refractivity contribution in [2.75, 3.05) is 44.4 Å². The first kappa shape index (κ1) is 33.3. The molecular formula is C30H39ClFN7O5S. The van der Waals surface area contributed by atoms with E-state index in [0.29, 0.717) is 43.1 Å². The van der Waals surface area contributed by atoms with Crippen molar-refractivity contribution in [2.24, 2.45) is 5.11 Å². The van der Waals surface area contributed by atoms with Crippen molar-refractivity contribution in [2.45, 2.75) is 62.1 Å². The zero-order valence-corrected chi connectivity index (χ0v) is 26.6. The van der Waals surface area contributed by atoms with Gasteiger partial charge in [0.25, 0.3) is 0 Å². The van der Waals surface area contributed by atoms with Crippen LogP contribution in [0, 0.1) is 5.82 Å². The Hall–Kier alpha value is -3.10. The Bertz CT molecular complexity index is 1440. The fourth-order valence-electron chi connectivity index (χ4n) is 6.90. The second kappa shape index (κ2) is 14.1. The lowest BCUT2D eigenvalue weighted by molar-refractivity contribution is -0.119. The number of nitrogens with zero attached hydrogens (tertiary/aromatic N) is 5. The van der Waals surface area contributed by atoms with Crippen LogP contribution < -0.4 is 10.6 Å². The van der Waals surface area contributed by atoms with E-state index in [1.54, 1.807) is 34.6 Å². The van der Waals surface area contributed by atoms with Gasteiger partial charge in [-0.1, -0.05) is 34.9 Å². The number of piperazine rings is 1. The number of likely N-dealkylation sites (tertiary alicyclic amines) is 1. The highest BCUT2D eigenvalue weighted by atomic mass is 35.5. The van der Waals surface area contributed by atoms with E-state index in [-0.39, 0.29) is 42.8 Å². The number of azide groups is 1. The summed E-state index contributed by atoms with van der Waals surface area (Å²) >= 11 is 6.16. The van der Waals surface area contributed by atoms with Crippen LogP contribution in [-0.4, -0.2) is 87.5 Å². The Balaban J connectivity index is 1.40. The third-order valence-corrected chi connectivity index (χ3v) is 11.6. The van der Waals surface area contributed by atoms with Gasteiger partial charge in [0.15, 0.2) is 0 Å². The van der Waals surface area contributed by atoms with Gasteiger partial charge in [0, 0.05) is 64.9 Å². The smallest absolute Gasteiger partial charge is 0.409 e. The SMILES string of the molecule is COC(=O)N1CCC(c2ccc(Cl)cc2)(C(N=[N+]=[N-])C(=O)Nc2cccc(F)c2CCC2CNC3CCCS(O)(O)N2C3)CC1. The topological polar surface area (TPSA) is 163 Å². The Kier molecular flexibility index (Phi) is 10.4. The van der Waals surface area contributed by atoms with Crippen molar-refractivity contribution in [1.82, 2.24) is 14.5 Å². The van der Waals surface area contributed by atoms with Crippen LogP contribution in [0.3, 0.4) is 0 Å². The van der Waals surface area contributed by atoms with Crippen LogP contribution in [-0.2, 0) is 21.4 Å². The molecule has 0 spiro atoms. The fraction of sp³-hybridized carbons (Fsp3) is 0.533. The molecule has 3 heterocycles. The number of carbonyl (C=O) groups is 2. The molecule has 2 aromatic rings. The summed E-state index contributed by atoms with van der Waals surface area (Å²) in [7, 11) is -1.62. The van der Waals surface area contributed by atoms with E-state index in [1.165, 1.54) is 24.1 Å². The lowest BCUT2D eigenvalue weighted by Crippen LogP contribution is -2.55. The number of rotatable bonds is 8. The number of methoxy groups -OCH3 is 1. The second-order valence-electron chi connectivity index (χ2n) is 11.9. The lowest BCUT2D eigenvalue weighted by atomic mass is 9.67. The van der Waals surface area contributed by atoms with Gasteiger partial charge in [-0.05, 0) is 73.9 Å². The molecule has 0 radical (unpaired) electrons. The number of piperidine rings is 1. The molecule has 4 unspecified atom stereocenters. The van der Waals surface area contributed by atoms with Crippen LogP contribution in [0.25, 0.3) is 10.4 Å². The highest BCUT2D eigenvalue weighted by molar-refractivity contribution is 8.22. The molecule has 4 atom stereocenters. The van der Waals surface area contributed by atoms with Crippen LogP contribution >= 0.6 is 22.4 Å². The van der Waals surface area contributed by atoms with Crippen molar-refractivity contribution in [3.05, 3.63) is 74.9 Å². The zero-order chi connectivity index (χ0) is 32.2. The first-order valence-corrected chi connectivity index (χ1v) is 17.1. The van der Waals surface area contributed by atoms with Gasteiger partial charge < -0.3 is 20.3 Å². The van der Waals surface area contributed by atoms with E-state index in [0.717, 1.165) is 18.4 Å². The monoisotopic (exact) mass is 663 g/mol. The van der Waals surface area contributed by atoms with E-state index in [9.17, 15) is 24.2 Å². The van der Waals surface area contributed by atoms with Gasteiger partial charge in [-0.25, -0.2) is 13.5 Å². The summed E-state index contributed by atoms with van der Waals surface area (Å²) in [5.74, 6) is -0.794. The molecule has 244 valence electrons. The predicted molar refractivity (Wildman–Crippen MR) is 172 cm³/mol. The molecule has 2 aromatic carbocycles. The minimum Gasteiger partial charge on any atom is -0.453 e. The average molecular weight is 664 g/mol. The van der Waals surface area contributed by atoms with Crippen molar-refractivity contribution < 1.29 is 27.8 Å². The molecule has 45 heavy (non-hydrogen) atoms. The molecule has 4 N–H and O–H groups in total. The van der Waals surface area contributed by atoms with Crippen LogP contribution in [0.5, 0.6) is 0 Å². The zero-order valence-electron chi connectivity index (χ0n) is 25.1. The van der Waals surface area contributed by atoms with Gasteiger partial charge in [0.2, 0.25) is 5.91 Å². The summed E-state index contributed by atoms with van der Waals surface area (Å²) in [6, 6.07) is 10.1. The van der Waals surface area contributed by atoms with Gasteiger partial charge in [-0.3, -0.25) is 13.9 Å². The number of carbonyl (C=O) groups excluding carboxylic acids is 2. The molecular weight excluding hydrogens is 625 g/mol. The van der Waals surface area contributed by atoms with Crippen LogP contribution in [0.4, 0.5) is 14.9 Å². The number of hydrogen-bond acceptors (Lipinski definition) is 8. The number of hydrogen-bond donors (Lipinski definition) is 4. The number of fused-ring (bicyclic) bond motifs is 2. The molecule has 3 fully saturated rings. The van der Waals surface area contributed by atoms with Gasteiger partial charge in [0.05, 0.1) is 12.9 Å². The molecule has 3 aliphatic heterocycles. The molecule has 2 amide bonds. The number of anilines is 1. The summed E-state index contributed by atoms with van der Waals surface area (Å²) in [5.41, 5.74) is 9.86. The van der Waals surface area contributed by atoms with Crippen molar-refractivity contribution >= 4 is 40.1 Å². The standard InChI is InChI=1S/C30H39ClFN7O5S/c1-44-29(41)38-15-13-30(14-16-38,20-7-9-21(31)10-8-20)27(36-37-33)28(40)35-26-6-2-5-25(32)24(26)12-11-23-18-34-22-4-3-17-45(42,43)39(23)19-22/h2,5-10,22-23,27,34,42-43H,3-4,11-19H2,1H3,(H,35,40). The number of amides is 2. The predicted octanol–water partition coefficient (Wildman–Crippen LogP) is 5.93.